The summed E-state index contributed by atoms with van der Waals surface area (Å²) in [5, 5.41) is 1.98. The highest BCUT2D eigenvalue weighted by molar-refractivity contribution is 7.03. The van der Waals surface area contributed by atoms with E-state index in [0.717, 1.165) is 11.3 Å². The van der Waals surface area contributed by atoms with Crippen LogP contribution in [0, 0.1) is 6.07 Å². The third kappa shape index (κ3) is 1.30. The van der Waals surface area contributed by atoms with E-state index in [0.29, 0.717) is 0 Å². The second-order valence-corrected chi connectivity index (χ2v) is 2.84. The van der Waals surface area contributed by atoms with Crippen molar-refractivity contribution in [2.45, 2.75) is 0 Å². The first-order chi connectivity index (χ1) is 5.47. The standard InChI is InChI=1S/C9H6NS/c1-2-4-8(5-3-1)9-6-7-11-10-9/h2-7H. The van der Waals surface area contributed by atoms with Crippen LogP contribution < -0.4 is 0 Å². The molecule has 2 aromatic rings. The molecule has 0 bridgehead atoms. The lowest BCUT2D eigenvalue weighted by Crippen LogP contribution is -1.72. The van der Waals surface area contributed by atoms with Crippen molar-refractivity contribution in [1.82, 2.24) is 4.37 Å². The predicted octanol–water partition coefficient (Wildman–Crippen LogP) is 2.61. The molecular formula is C9H6NS. The lowest BCUT2D eigenvalue weighted by molar-refractivity contribution is 1.52. The molecular weight excluding hydrogens is 154 g/mol. The summed E-state index contributed by atoms with van der Waals surface area (Å²) in [5.41, 5.74) is 2.20. The first-order valence-electron chi connectivity index (χ1n) is 3.34. The highest BCUT2D eigenvalue weighted by Gasteiger charge is 1.95. The van der Waals surface area contributed by atoms with Gasteiger partial charge in [0.1, 0.15) is 0 Å². The number of hydrogen-bond donors (Lipinski definition) is 0. The van der Waals surface area contributed by atoms with Crippen LogP contribution in [0.25, 0.3) is 11.3 Å². The molecule has 0 saturated heterocycles. The summed E-state index contributed by atoms with van der Waals surface area (Å²) in [6.07, 6.45) is 0. The first-order valence-corrected chi connectivity index (χ1v) is 4.17. The Bertz CT molecular complexity index is 313. The van der Waals surface area contributed by atoms with Gasteiger partial charge >= 0.3 is 0 Å². The molecule has 2 rings (SSSR count). The molecule has 53 valence electrons. The van der Waals surface area contributed by atoms with Gasteiger partial charge in [0, 0.05) is 10.9 Å². The van der Waals surface area contributed by atoms with Crippen LogP contribution in [0.5, 0.6) is 0 Å². The molecule has 0 atom stereocenters. The quantitative estimate of drug-likeness (QED) is 0.625. The van der Waals surface area contributed by atoms with E-state index in [4.69, 9.17) is 0 Å². The SMILES string of the molecule is [c]1ccc(-c2ccsn2)cc1. The third-order valence-electron chi connectivity index (χ3n) is 1.45. The zero-order valence-electron chi connectivity index (χ0n) is 5.82. The lowest BCUT2D eigenvalue weighted by atomic mass is 10.2. The predicted molar refractivity (Wildman–Crippen MR) is 46.4 cm³/mol. The fourth-order valence-corrected chi connectivity index (χ4v) is 1.45. The van der Waals surface area contributed by atoms with Crippen LogP contribution in [-0.2, 0) is 0 Å². The molecule has 0 aliphatic heterocycles. The summed E-state index contributed by atoms with van der Waals surface area (Å²) in [6.45, 7) is 0. The van der Waals surface area contributed by atoms with Crippen molar-refractivity contribution in [3.8, 4) is 11.3 Å². The minimum Gasteiger partial charge on any atom is -0.193 e. The fraction of sp³-hybridized carbons (Fsp3) is 0. The molecule has 0 aliphatic rings. The van der Waals surface area contributed by atoms with Gasteiger partial charge in [-0.3, -0.25) is 0 Å². The maximum absolute atomic E-state index is 4.21. The molecule has 0 aliphatic carbocycles. The molecule has 0 saturated carbocycles. The Hall–Kier alpha value is -1.15. The molecule has 0 amide bonds. The zero-order chi connectivity index (χ0) is 7.52. The number of nitrogens with zero attached hydrogens (tertiary/aromatic N) is 1. The molecule has 1 aromatic carbocycles. The summed E-state index contributed by atoms with van der Waals surface area (Å²) >= 11 is 1.47. The van der Waals surface area contributed by atoms with Crippen LogP contribution in [0.4, 0.5) is 0 Å². The highest BCUT2D eigenvalue weighted by atomic mass is 32.1. The van der Waals surface area contributed by atoms with Crippen molar-refractivity contribution >= 4 is 11.5 Å². The molecule has 1 radical (unpaired) electrons. The Morgan fingerprint density at radius 1 is 1.18 bits per heavy atom. The van der Waals surface area contributed by atoms with Crippen LogP contribution in [0.3, 0.4) is 0 Å². The summed E-state index contributed by atoms with van der Waals surface area (Å²) in [4.78, 5) is 0. The normalized spacial score (nSPS) is 9.82. The summed E-state index contributed by atoms with van der Waals surface area (Å²) in [5.74, 6) is 0. The molecule has 11 heavy (non-hydrogen) atoms. The van der Waals surface area contributed by atoms with Gasteiger partial charge in [-0.05, 0) is 23.7 Å². The van der Waals surface area contributed by atoms with E-state index in [1.165, 1.54) is 11.5 Å². The second kappa shape index (κ2) is 2.84. The highest BCUT2D eigenvalue weighted by Crippen LogP contribution is 2.16. The summed E-state index contributed by atoms with van der Waals surface area (Å²) < 4.78 is 4.21. The Labute approximate surface area is 69.5 Å². The average molecular weight is 160 g/mol. The van der Waals surface area contributed by atoms with Crippen LogP contribution >= 0.6 is 11.5 Å². The molecule has 0 fully saturated rings. The summed E-state index contributed by atoms with van der Waals surface area (Å²) in [7, 11) is 0. The van der Waals surface area contributed by atoms with Crippen molar-refractivity contribution in [2.75, 3.05) is 0 Å². The van der Waals surface area contributed by atoms with E-state index in [1.54, 1.807) is 0 Å². The minimum atomic E-state index is 1.05. The van der Waals surface area contributed by atoms with Crippen molar-refractivity contribution < 1.29 is 0 Å². The van der Waals surface area contributed by atoms with Crippen molar-refractivity contribution in [3.05, 3.63) is 41.8 Å². The molecule has 0 unspecified atom stereocenters. The first kappa shape index (κ1) is 6.55. The maximum Gasteiger partial charge on any atom is 0.0840 e. The smallest absolute Gasteiger partial charge is 0.0840 e. The van der Waals surface area contributed by atoms with Gasteiger partial charge in [0.25, 0.3) is 0 Å². The van der Waals surface area contributed by atoms with E-state index in [-0.39, 0.29) is 0 Å². The van der Waals surface area contributed by atoms with Crippen LogP contribution in [0.1, 0.15) is 0 Å². The van der Waals surface area contributed by atoms with Gasteiger partial charge < -0.3 is 0 Å². The lowest BCUT2D eigenvalue weighted by Gasteiger charge is -1.91. The number of rotatable bonds is 1. The van der Waals surface area contributed by atoms with Gasteiger partial charge in [0.2, 0.25) is 0 Å². The topological polar surface area (TPSA) is 12.9 Å². The van der Waals surface area contributed by atoms with E-state index in [1.807, 2.05) is 35.7 Å². The average Bonchev–Trinajstić information content (AvgIpc) is 2.58. The zero-order valence-corrected chi connectivity index (χ0v) is 6.64. The Kier molecular flexibility index (Phi) is 1.69. The second-order valence-electron chi connectivity index (χ2n) is 2.17. The maximum atomic E-state index is 4.21. The van der Waals surface area contributed by atoms with Crippen molar-refractivity contribution in [2.24, 2.45) is 0 Å². The number of benzene rings is 1. The fourth-order valence-electron chi connectivity index (χ4n) is 0.919. The largest absolute Gasteiger partial charge is 0.193 e. The van der Waals surface area contributed by atoms with Gasteiger partial charge in [-0.1, -0.05) is 24.3 Å². The van der Waals surface area contributed by atoms with Gasteiger partial charge in [-0.2, -0.15) is 4.37 Å². The van der Waals surface area contributed by atoms with E-state index < -0.39 is 0 Å². The van der Waals surface area contributed by atoms with E-state index in [9.17, 15) is 0 Å². The minimum absolute atomic E-state index is 1.05. The number of hydrogen-bond acceptors (Lipinski definition) is 2. The molecule has 2 heteroatoms. The van der Waals surface area contributed by atoms with Gasteiger partial charge in [-0.15, -0.1) is 0 Å². The van der Waals surface area contributed by atoms with Crippen LogP contribution in [-0.4, -0.2) is 4.37 Å². The van der Waals surface area contributed by atoms with Gasteiger partial charge in [0.05, 0.1) is 5.69 Å². The number of aromatic nitrogens is 1. The van der Waals surface area contributed by atoms with E-state index in [2.05, 4.69) is 10.4 Å². The van der Waals surface area contributed by atoms with Gasteiger partial charge in [0.15, 0.2) is 0 Å². The van der Waals surface area contributed by atoms with E-state index >= 15 is 0 Å². The van der Waals surface area contributed by atoms with Crippen LogP contribution in [0.15, 0.2) is 35.7 Å². The Balaban J connectivity index is 2.46. The van der Waals surface area contributed by atoms with Gasteiger partial charge in [-0.25, -0.2) is 0 Å². The Morgan fingerprint density at radius 2 is 2.00 bits per heavy atom. The summed E-state index contributed by atoms with van der Waals surface area (Å²) in [6, 6.07) is 12.8. The van der Waals surface area contributed by atoms with Crippen molar-refractivity contribution in [3.63, 3.8) is 0 Å². The monoisotopic (exact) mass is 160 g/mol. The molecule has 0 N–H and O–H groups in total. The van der Waals surface area contributed by atoms with Crippen LogP contribution in [0.2, 0.25) is 0 Å². The molecule has 1 nitrogen and oxygen atoms in total. The molecule has 1 aromatic heterocycles. The Morgan fingerprint density at radius 3 is 2.64 bits per heavy atom. The molecule has 0 spiro atoms. The van der Waals surface area contributed by atoms with Crippen molar-refractivity contribution in [1.29, 1.82) is 0 Å². The third-order valence-corrected chi connectivity index (χ3v) is 2.01. The molecule has 1 heterocycles.